The van der Waals surface area contributed by atoms with Crippen molar-refractivity contribution in [2.75, 3.05) is 13.7 Å². The summed E-state index contributed by atoms with van der Waals surface area (Å²) in [5, 5.41) is 9.62. The molecular formula is C36H46N6O8. The van der Waals surface area contributed by atoms with Gasteiger partial charge in [0.2, 0.25) is 23.3 Å². The Hall–Kier alpha value is -5.14. The van der Waals surface area contributed by atoms with Gasteiger partial charge in [-0.3, -0.25) is 14.4 Å². The fraction of sp³-hybridized carbons (Fsp3) is 0.500. The van der Waals surface area contributed by atoms with Gasteiger partial charge in [-0.1, -0.05) is 44.1 Å². The number of carbonyl (C=O) groups is 4. The molecule has 1 saturated carbocycles. The van der Waals surface area contributed by atoms with Crippen molar-refractivity contribution >= 4 is 34.9 Å². The van der Waals surface area contributed by atoms with Crippen LogP contribution in [0.5, 0.6) is 11.5 Å². The SMILES string of the molecule is C=C[C@@H]1C[C@]1(NC(=O)[C@@H]1C[C@@H](Oc2cc(-c3ccccc3OC)nc3c(C)noc23)CN1C(=O)[C@@H](NC(=O)OC(C)(C)C)C(C)(C)C)C(N)=O. The minimum Gasteiger partial charge on any atom is -0.496 e. The van der Waals surface area contributed by atoms with E-state index in [4.69, 9.17) is 29.5 Å². The van der Waals surface area contributed by atoms with Crippen molar-refractivity contribution in [1.82, 2.24) is 25.7 Å². The average Bonchev–Trinajstić information content (AvgIpc) is 3.38. The van der Waals surface area contributed by atoms with Crippen molar-refractivity contribution < 1.29 is 37.9 Å². The average molecular weight is 691 g/mol. The lowest BCUT2D eigenvalue weighted by atomic mass is 9.85. The second-order valence-corrected chi connectivity index (χ2v) is 15.0. The number of nitrogens with zero attached hydrogens (tertiary/aromatic N) is 3. The van der Waals surface area contributed by atoms with Crippen molar-refractivity contribution in [3.63, 3.8) is 0 Å². The Morgan fingerprint density at radius 3 is 2.44 bits per heavy atom. The maximum Gasteiger partial charge on any atom is 0.408 e. The first kappa shape index (κ1) is 36.1. The Balaban J connectivity index is 1.50. The molecule has 2 fully saturated rings. The van der Waals surface area contributed by atoms with Gasteiger partial charge in [-0.2, -0.15) is 0 Å². The second kappa shape index (κ2) is 13.3. The third-order valence-corrected chi connectivity index (χ3v) is 8.94. The molecule has 268 valence electrons. The van der Waals surface area contributed by atoms with Gasteiger partial charge in [0.15, 0.2) is 5.75 Å². The van der Waals surface area contributed by atoms with Gasteiger partial charge in [-0.15, -0.1) is 6.58 Å². The predicted octanol–water partition coefficient (Wildman–Crippen LogP) is 4.04. The van der Waals surface area contributed by atoms with Gasteiger partial charge in [0, 0.05) is 24.0 Å². The molecule has 3 heterocycles. The van der Waals surface area contributed by atoms with Crippen molar-refractivity contribution in [2.24, 2.45) is 17.1 Å². The maximum atomic E-state index is 14.4. The molecule has 1 aliphatic carbocycles. The van der Waals surface area contributed by atoms with Gasteiger partial charge in [0.1, 0.15) is 46.3 Å². The van der Waals surface area contributed by atoms with Crippen LogP contribution < -0.4 is 25.8 Å². The van der Waals surface area contributed by atoms with Crippen LogP contribution in [0.1, 0.15) is 60.1 Å². The Labute approximate surface area is 291 Å². The van der Waals surface area contributed by atoms with Gasteiger partial charge < -0.3 is 40.0 Å². The lowest BCUT2D eigenvalue weighted by molar-refractivity contribution is -0.143. The Morgan fingerprint density at radius 1 is 1.14 bits per heavy atom. The molecule has 4 N–H and O–H groups in total. The zero-order valence-corrected chi connectivity index (χ0v) is 29.8. The number of likely N-dealkylation sites (tertiary alicyclic amines) is 1. The van der Waals surface area contributed by atoms with Crippen LogP contribution in [-0.2, 0) is 19.1 Å². The monoisotopic (exact) mass is 690 g/mol. The summed E-state index contributed by atoms with van der Waals surface area (Å²) in [6.45, 7) is 16.0. The summed E-state index contributed by atoms with van der Waals surface area (Å²) >= 11 is 0. The number of carbonyl (C=O) groups excluding carboxylic acids is 4. The third kappa shape index (κ3) is 7.24. The number of para-hydroxylation sites is 1. The van der Waals surface area contributed by atoms with Crippen LogP contribution in [0.2, 0.25) is 0 Å². The topological polar surface area (TPSA) is 188 Å². The first-order valence-corrected chi connectivity index (χ1v) is 16.5. The Morgan fingerprint density at radius 2 is 1.84 bits per heavy atom. The molecule has 0 bridgehead atoms. The normalized spacial score (nSPS) is 22.4. The molecule has 5 atom stereocenters. The number of aromatic nitrogens is 2. The van der Waals surface area contributed by atoms with E-state index >= 15 is 0 Å². The van der Waals surface area contributed by atoms with E-state index in [0.717, 1.165) is 0 Å². The number of methoxy groups -OCH3 is 1. The van der Waals surface area contributed by atoms with Crippen LogP contribution >= 0.6 is 0 Å². The zero-order chi connectivity index (χ0) is 36.8. The third-order valence-electron chi connectivity index (χ3n) is 8.94. The molecule has 3 aromatic rings. The van der Waals surface area contributed by atoms with E-state index in [1.54, 1.807) is 67.7 Å². The summed E-state index contributed by atoms with van der Waals surface area (Å²) < 4.78 is 23.2. The number of alkyl carbamates (subject to hydrolysis) is 1. The molecule has 0 spiro atoms. The standard InChI is InChI=1S/C36H46N6O8/c1-10-20-17-36(20,32(37)45)40-30(43)24-15-21(18-42(24)31(44)29(34(3,4)5)39-33(46)49-35(6,7)8)48-26-16-23(22-13-11-12-14-25(22)47-9)38-27-19(2)41-50-28(26)27/h10-14,16,20-21,24,29H,1,15,17-18H2,2-9H3,(H2,37,45)(H,39,46)(H,40,43)/t20-,21-,24+,29-,36-/m1/s1. The van der Waals surface area contributed by atoms with Crippen LogP contribution in [-0.4, -0.2) is 81.8 Å². The molecule has 0 unspecified atom stereocenters. The molecule has 1 saturated heterocycles. The highest BCUT2D eigenvalue weighted by Gasteiger charge is 2.60. The van der Waals surface area contributed by atoms with E-state index in [1.165, 1.54) is 4.90 Å². The van der Waals surface area contributed by atoms with Crippen molar-refractivity contribution in [2.45, 2.75) is 90.6 Å². The number of rotatable bonds is 10. The molecule has 0 radical (unpaired) electrons. The summed E-state index contributed by atoms with van der Waals surface area (Å²) in [5.74, 6) is -1.24. The Kier molecular flexibility index (Phi) is 9.61. The second-order valence-electron chi connectivity index (χ2n) is 15.0. The van der Waals surface area contributed by atoms with E-state index in [9.17, 15) is 19.2 Å². The summed E-state index contributed by atoms with van der Waals surface area (Å²) in [6, 6.07) is 6.93. The van der Waals surface area contributed by atoms with Crippen LogP contribution in [0.3, 0.4) is 0 Å². The minimum absolute atomic E-state index is 0.0329. The number of amides is 4. The van der Waals surface area contributed by atoms with Crippen LogP contribution in [0.15, 0.2) is 47.5 Å². The summed E-state index contributed by atoms with van der Waals surface area (Å²) in [7, 11) is 1.57. The number of aryl methyl sites for hydroxylation is 1. The number of primary amides is 1. The number of fused-ring (bicyclic) bond motifs is 1. The smallest absolute Gasteiger partial charge is 0.408 e. The number of nitrogens with two attached hydrogens (primary N) is 1. The Bertz CT molecular complexity index is 1820. The van der Waals surface area contributed by atoms with E-state index in [0.29, 0.717) is 46.0 Å². The predicted molar refractivity (Wildman–Crippen MR) is 184 cm³/mol. The molecular weight excluding hydrogens is 644 g/mol. The quantitative estimate of drug-likeness (QED) is 0.262. The van der Waals surface area contributed by atoms with Crippen LogP contribution in [0.25, 0.3) is 22.4 Å². The summed E-state index contributed by atoms with van der Waals surface area (Å²) in [5.41, 5.74) is 5.39. The number of pyridine rings is 1. The fourth-order valence-electron chi connectivity index (χ4n) is 6.24. The first-order chi connectivity index (χ1) is 23.4. The molecule has 2 aromatic heterocycles. The summed E-state index contributed by atoms with van der Waals surface area (Å²) in [6.07, 6.45) is 0.422. The van der Waals surface area contributed by atoms with E-state index in [2.05, 4.69) is 22.4 Å². The highest BCUT2D eigenvalue weighted by atomic mass is 16.6. The fourth-order valence-corrected chi connectivity index (χ4v) is 6.24. The van der Waals surface area contributed by atoms with Gasteiger partial charge in [-0.25, -0.2) is 9.78 Å². The van der Waals surface area contributed by atoms with E-state index < -0.39 is 58.6 Å². The maximum absolute atomic E-state index is 14.4. The van der Waals surface area contributed by atoms with Gasteiger partial charge in [0.05, 0.1) is 19.3 Å². The lowest BCUT2D eigenvalue weighted by Crippen LogP contribution is -2.59. The molecule has 1 aromatic carbocycles. The van der Waals surface area contributed by atoms with Crippen molar-refractivity contribution in [1.29, 1.82) is 0 Å². The first-order valence-electron chi connectivity index (χ1n) is 16.5. The van der Waals surface area contributed by atoms with E-state index in [-0.39, 0.29) is 18.9 Å². The molecule has 14 nitrogen and oxygen atoms in total. The van der Waals surface area contributed by atoms with Crippen LogP contribution in [0, 0.1) is 18.3 Å². The van der Waals surface area contributed by atoms with Crippen molar-refractivity contribution in [3.8, 4) is 22.8 Å². The van der Waals surface area contributed by atoms with Gasteiger partial charge in [0.25, 0.3) is 0 Å². The highest BCUT2D eigenvalue weighted by molar-refractivity contribution is 5.98. The van der Waals surface area contributed by atoms with Gasteiger partial charge >= 0.3 is 6.09 Å². The molecule has 1 aliphatic heterocycles. The lowest BCUT2D eigenvalue weighted by Gasteiger charge is -2.36. The largest absolute Gasteiger partial charge is 0.496 e. The molecule has 5 rings (SSSR count). The number of hydrogen-bond acceptors (Lipinski definition) is 10. The zero-order valence-electron chi connectivity index (χ0n) is 29.8. The minimum atomic E-state index is -1.30. The van der Waals surface area contributed by atoms with Gasteiger partial charge in [-0.05, 0) is 51.7 Å². The number of ether oxygens (including phenoxy) is 3. The number of hydrogen-bond donors (Lipinski definition) is 3. The number of benzene rings is 1. The van der Waals surface area contributed by atoms with E-state index in [1.807, 2.05) is 24.3 Å². The van der Waals surface area contributed by atoms with Crippen LogP contribution in [0.4, 0.5) is 4.79 Å². The summed E-state index contributed by atoms with van der Waals surface area (Å²) in [4.78, 5) is 60.0. The van der Waals surface area contributed by atoms with Crippen molar-refractivity contribution in [3.05, 3.63) is 48.7 Å². The molecule has 50 heavy (non-hydrogen) atoms. The molecule has 14 heteroatoms. The highest BCUT2D eigenvalue weighted by Crippen LogP contribution is 2.44. The molecule has 2 aliphatic rings. The number of nitrogens with one attached hydrogen (secondary N) is 2. The molecule has 4 amide bonds.